The van der Waals surface area contributed by atoms with Crippen molar-refractivity contribution in [1.29, 1.82) is 0 Å². The first-order valence-corrected chi connectivity index (χ1v) is 9.07. The number of carboxylic acid groups (broad SMARTS) is 1. The van der Waals surface area contributed by atoms with E-state index in [4.69, 9.17) is 0 Å². The van der Waals surface area contributed by atoms with Crippen molar-refractivity contribution < 1.29 is 9.90 Å². The molecular weight excluding hydrogens is 312 g/mol. The Kier molecular flexibility index (Phi) is 5.82. The van der Waals surface area contributed by atoms with Crippen LogP contribution < -0.4 is 5.32 Å². The fraction of sp³-hybridized carbons (Fsp3) is 0.429. The summed E-state index contributed by atoms with van der Waals surface area (Å²) in [6.45, 7) is 2.10. The molecule has 1 saturated carbocycles. The molecule has 1 heterocycles. The zero-order chi connectivity index (χ0) is 17.6. The predicted octanol–water partition coefficient (Wildman–Crippen LogP) is 3.91. The molecule has 1 aromatic heterocycles. The number of nitrogens with zero attached hydrogens (tertiary/aromatic N) is 1. The van der Waals surface area contributed by atoms with Crippen molar-refractivity contribution in [2.24, 2.45) is 5.92 Å². The van der Waals surface area contributed by atoms with Crippen molar-refractivity contribution >= 4 is 5.97 Å². The zero-order valence-electron chi connectivity index (χ0n) is 14.7. The molecule has 132 valence electrons. The van der Waals surface area contributed by atoms with Crippen LogP contribution in [0.2, 0.25) is 0 Å². The SMILES string of the molecule is Cc1ccc(CC(NC2CCC(C(=O)O)CC2)c2ccccn2)cc1. The maximum Gasteiger partial charge on any atom is 0.306 e. The molecule has 0 amide bonds. The van der Waals surface area contributed by atoms with Crippen LogP contribution >= 0.6 is 0 Å². The normalized spacial score (nSPS) is 21.6. The minimum absolute atomic E-state index is 0.148. The van der Waals surface area contributed by atoms with Crippen molar-refractivity contribution in [3.05, 3.63) is 65.5 Å². The van der Waals surface area contributed by atoms with E-state index in [2.05, 4.69) is 47.6 Å². The Labute approximate surface area is 149 Å². The van der Waals surface area contributed by atoms with E-state index in [1.54, 1.807) is 0 Å². The Balaban J connectivity index is 1.69. The molecule has 1 fully saturated rings. The maximum atomic E-state index is 11.1. The second-order valence-corrected chi connectivity index (χ2v) is 7.05. The van der Waals surface area contributed by atoms with E-state index in [0.717, 1.165) is 37.8 Å². The molecule has 3 rings (SSSR count). The molecule has 1 aromatic carbocycles. The van der Waals surface area contributed by atoms with Crippen LogP contribution in [-0.4, -0.2) is 22.1 Å². The van der Waals surface area contributed by atoms with E-state index in [-0.39, 0.29) is 12.0 Å². The van der Waals surface area contributed by atoms with Gasteiger partial charge < -0.3 is 10.4 Å². The third kappa shape index (κ3) is 4.89. The molecule has 25 heavy (non-hydrogen) atoms. The Hall–Kier alpha value is -2.20. The number of hydrogen-bond acceptors (Lipinski definition) is 3. The predicted molar refractivity (Wildman–Crippen MR) is 98.4 cm³/mol. The molecule has 1 aliphatic carbocycles. The number of aliphatic carboxylic acids is 1. The minimum Gasteiger partial charge on any atom is -0.481 e. The van der Waals surface area contributed by atoms with Gasteiger partial charge in [-0.15, -0.1) is 0 Å². The van der Waals surface area contributed by atoms with Gasteiger partial charge in [0.15, 0.2) is 0 Å². The molecule has 1 unspecified atom stereocenters. The van der Waals surface area contributed by atoms with Gasteiger partial charge in [0, 0.05) is 12.2 Å². The lowest BCUT2D eigenvalue weighted by Crippen LogP contribution is -2.38. The van der Waals surface area contributed by atoms with Gasteiger partial charge in [0.2, 0.25) is 0 Å². The van der Waals surface area contributed by atoms with Crippen molar-refractivity contribution in [3.8, 4) is 0 Å². The van der Waals surface area contributed by atoms with Crippen LogP contribution in [0.3, 0.4) is 0 Å². The van der Waals surface area contributed by atoms with Crippen LogP contribution in [0.15, 0.2) is 48.7 Å². The smallest absolute Gasteiger partial charge is 0.306 e. The van der Waals surface area contributed by atoms with Gasteiger partial charge in [-0.2, -0.15) is 0 Å². The molecule has 4 nitrogen and oxygen atoms in total. The highest BCUT2D eigenvalue weighted by atomic mass is 16.4. The summed E-state index contributed by atoms with van der Waals surface area (Å²) in [5.74, 6) is -0.831. The summed E-state index contributed by atoms with van der Waals surface area (Å²) in [5.41, 5.74) is 3.59. The lowest BCUT2D eigenvalue weighted by atomic mass is 9.85. The van der Waals surface area contributed by atoms with E-state index in [9.17, 15) is 9.90 Å². The second kappa shape index (κ2) is 8.26. The summed E-state index contributed by atoms with van der Waals surface area (Å²) in [4.78, 5) is 15.7. The van der Waals surface area contributed by atoms with E-state index in [1.165, 1.54) is 11.1 Å². The molecule has 0 spiro atoms. The highest BCUT2D eigenvalue weighted by Crippen LogP contribution is 2.27. The van der Waals surface area contributed by atoms with Crippen LogP contribution in [0.25, 0.3) is 0 Å². The van der Waals surface area contributed by atoms with E-state index in [1.807, 2.05) is 18.3 Å². The Morgan fingerprint density at radius 1 is 1.16 bits per heavy atom. The summed E-state index contributed by atoms with van der Waals surface area (Å²) in [6, 6.07) is 15.2. The van der Waals surface area contributed by atoms with Crippen LogP contribution in [0.4, 0.5) is 0 Å². The number of rotatable bonds is 6. The van der Waals surface area contributed by atoms with Crippen LogP contribution in [0, 0.1) is 12.8 Å². The molecule has 2 N–H and O–H groups in total. The van der Waals surface area contributed by atoms with Gasteiger partial charge in [-0.3, -0.25) is 9.78 Å². The molecule has 0 aliphatic heterocycles. The van der Waals surface area contributed by atoms with Crippen LogP contribution in [-0.2, 0) is 11.2 Å². The lowest BCUT2D eigenvalue weighted by molar-refractivity contribution is -0.142. The van der Waals surface area contributed by atoms with Gasteiger partial charge in [0.05, 0.1) is 17.7 Å². The molecule has 2 aromatic rings. The first kappa shape index (κ1) is 17.6. The fourth-order valence-corrected chi connectivity index (χ4v) is 3.58. The first-order chi connectivity index (χ1) is 12.1. The standard InChI is InChI=1S/C21H26N2O2/c1-15-5-7-16(8-6-15)14-20(19-4-2-3-13-22-19)23-18-11-9-17(10-12-18)21(24)25/h2-8,13,17-18,20,23H,9-12,14H2,1H3,(H,24,25). The third-order valence-electron chi connectivity index (χ3n) is 5.12. The lowest BCUT2D eigenvalue weighted by Gasteiger charge is -2.31. The summed E-state index contributed by atoms with van der Waals surface area (Å²) in [6.07, 6.45) is 6.05. The monoisotopic (exact) mass is 338 g/mol. The van der Waals surface area contributed by atoms with Gasteiger partial charge in [-0.25, -0.2) is 0 Å². The molecule has 0 bridgehead atoms. The van der Waals surface area contributed by atoms with Gasteiger partial charge >= 0.3 is 5.97 Å². The third-order valence-corrected chi connectivity index (χ3v) is 5.12. The van der Waals surface area contributed by atoms with Crippen molar-refractivity contribution in [2.75, 3.05) is 0 Å². The quantitative estimate of drug-likeness (QED) is 0.838. The molecule has 4 heteroatoms. The highest BCUT2D eigenvalue weighted by molar-refractivity contribution is 5.70. The van der Waals surface area contributed by atoms with Gasteiger partial charge in [0.25, 0.3) is 0 Å². The summed E-state index contributed by atoms with van der Waals surface area (Å²) in [7, 11) is 0. The van der Waals surface area contributed by atoms with Crippen molar-refractivity contribution in [1.82, 2.24) is 10.3 Å². The number of carboxylic acids is 1. The van der Waals surface area contributed by atoms with Crippen molar-refractivity contribution in [2.45, 2.75) is 51.1 Å². The zero-order valence-corrected chi connectivity index (χ0v) is 14.7. The minimum atomic E-state index is -0.653. The van der Waals surface area contributed by atoms with E-state index >= 15 is 0 Å². The van der Waals surface area contributed by atoms with Gasteiger partial charge in [-0.05, 0) is 56.7 Å². The summed E-state index contributed by atoms with van der Waals surface area (Å²) >= 11 is 0. The van der Waals surface area contributed by atoms with Gasteiger partial charge in [0.1, 0.15) is 0 Å². The number of nitrogens with one attached hydrogen (secondary N) is 1. The van der Waals surface area contributed by atoms with Gasteiger partial charge in [-0.1, -0.05) is 35.9 Å². The van der Waals surface area contributed by atoms with Crippen LogP contribution in [0.5, 0.6) is 0 Å². The number of carbonyl (C=O) groups is 1. The highest BCUT2D eigenvalue weighted by Gasteiger charge is 2.27. The Morgan fingerprint density at radius 2 is 1.88 bits per heavy atom. The molecule has 0 saturated heterocycles. The summed E-state index contributed by atoms with van der Waals surface area (Å²) < 4.78 is 0. The largest absolute Gasteiger partial charge is 0.481 e. The number of pyridine rings is 1. The second-order valence-electron chi connectivity index (χ2n) is 7.05. The average molecular weight is 338 g/mol. The number of hydrogen-bond donors (Lipinski definition) is 2. The molecule has 1 atom stereocenters. The number of aromatic nitrogens is 1. The van der Waals surface area contributed by atoms with Crippen molar-refractivity contribution in [3.63, 3.8) is 0 Å². The Bertz CT molecular complexity index is 677. The Morgan fingerprint density at radius 3 is 2.48 bits per heavy atom. The topological polar surface area (TPSA) is 62.2 Å². The first-order valence-electron chi connectivity index (χ1n) is 9.07. The molecule has 1 aliphatic rings. The van der Waals surface area contributed by atoms with Crippen LogP contribution in [0.1, 0.15) is 48.5 Å². The maximum absolute atomic E-state index is 11.1. The average Bonchev–Trinajstić information content (AvgIpc) is 2.64. The molecular formula is C21H26N2O2. The number of benzene rings is 1. The summed E-state index contributed by atoms with van der Waals surface area (Å²) in [5, 5.41) is 12.9. The van der Waals surface area contributed by atoms with E-state index < -0.39 is 5.97 Å². The number of aryl methyl sites for hydroxylation is 1. The molecule has 0 radical (unpaired) electrons. The fourth-order valence-electron chi connectivity index (χ4n) is 3.58. The van der Waals surface area contributed by atoms with E-state index in [0.29, 0.717) is 6.04 Å².